The molecule has 15 heavy (non-hydrogen) atoms. The first-order valence-corrected chi connectivity index (χ1v) is 6.28. The fourth-order valence-corrected chi connectivity index (χ4v) is 1.93. The van der Waals surface area contributed by atoms with Crippen molar-refractivity contribution in [3.05, 3.63) is 0 Å². The third-order valence-corrected chi connectivity index (χ3v) is 2.95. The topological polar surface area (TPSA) is 38.5 Å². The Kier molecular flexibility index (Phi) is 6.22. The van der Waals surface area contributed by atoms with Gasteiger partial charge >= 0.3 is 0 Å². The molecule has 0 amide bonds. The molecule has 1 aliphatic heterocycles. The number of ether oxygens (including phenoxy) is 1. The maximum Gasteiger partial charge on any atom is 0.0518 e. The van der Waals surface area contributed by atoms with Crippen LogP contribution in [0.4, 0.5) is 0 Å². The van der Waals surface area contributed by atoms with Gasteiger partial charge in [-0.25, -0.2) is 0 Å². The first kappa shape index (κ1) is 12.9. The average molecular weight is 214 g/mol. The van der Waals surface area contributed by atoms with Crippen LogP contribution in [-0.2, 0) is 4.74 Å². The Hall–Kier alpha value is -0.120. The Labute approximate surface area is 94.0 Å². The van der Waals surface area contributed by atoms with E-state index in [1.165, 1.54) is 45.3 Å². The predicted molar refractivity (Wildman–Crippen MR) is 64.0 cm³/mol. The molecule has 3 heteroatoms. The van der Waals surface area contributed by atoms with Gasteiger partial charge in [-0.2, -0.15) is 0 Å². The number of nitrogens with zero attached hydrogens (tertiary/aromatic N) is 1. The van der Waals surface area contributed by atoms with Crippen LogP contribution in [0.5, 0.6) is 0 Å². The monoisotopic (exact) mass is 214 g/mol. The van der Waals surface area contributed by atoms with Crippen molar-refractivity contribution in [2.45, 2.75) is 51.7 Å². The Balaban J connectivity index is 1.91. The molecule has 1 rings (SSSR count). The summed E-state index contributed by atoms with van der Waals surface area (Å²) in [6.07, 6.45) is 5.14. The molecule has 3 nitrogen and oxygen atoms in total. The van der Waals surface area contributed by atoms with Crippen molar-refractivity contribution in [3.8, 4) is 0 Å². The quantitative estimate of drug-likeness (QED) is 0.683. The SMILES string of the molecule is CC(C)OCCCCN1CCC(N)CC1. The maximum absolute atomic E-state index is 5.86. The third kappa shape index (κ3) is 6.13. The van der Waals surface area contributed by atoms with Gasteiger partial charge in [0.1, 0.15) is 0 Å². The van der Waals surface area contributed by atoms with E-state index in [0.29, 0.717) is 12.1 Å². The first-order chi connectivity index (χ1) is 7.18. The van der Waals surface area contributed by atoms with E-state index >= 15 is 0 Å². The standard InChI is InChI=1S/C12H26N2O/c1-11(2)15-10-4-3-7-14-8-5-12(13)6-9-14/h11-12H,3-10,13H2,1-2H3. The summed E-state index contributed by atoms with van der Waals surface area (Å²) in [5.74, 6) is 0. The molecule has 2 N–H and O–H groups in total. The van der Waals surface area contributed by atoms with Crippen LogP contribution in [-0.4, -0.2) is 43.3 Å². The molecule has 0 radical (unpaired) electrons. The van der Waals surface area contributed by atoms with Crippen molar-refractivity contribution in [1.29, 1.82) is 0 Å². The van der Waals surface area contributed by atoms with Gasteiger partial charge in [-0.05, 0) is 59.2 Å². The summed E-state index contributed by atoms with van der Waals surface area (Å²) < 4.78 is 5.51. The van der Waals surface area contributed by atoms with E-state index in [0.717, 1.165) is 6.61 Å². The van der Waals surface area contributed by atoms with E-state index in [1.807, 2.05) is 0 Å². The van der Waals surface area contributed by atoms with Gasteiger partial charge in [0.05, 0.1) is 6.10 Å². The van der Waals surface area contributed by atoms with E-state index in [9.17, 15) is 0 Å². The van der Waals surface area contributed by atoms with Crippen LogP contribution < -0.4 is 5.73 Å². The number of piperidine rings is 1. The fourth-order valence-electron chi connectivity index (χ4n) is 1.93. The molecule has 1 saturated heterocycles. The van der Waals surface area contributed by atoms with Crippen LogP contribution in [0.15, 0.2) is 0 Å². The van der Waals surface area contributed by atoms with E-state index < -0.39 is 0 Å². The first-order valence-electron chi connectivity index (χ1n) is 6.28. The Bertz CT molecular complexity index is 154. The molecule has 1 heterocycles. The van der Waals surface area contributed by atoms with E-state index in [2.05, 4.69) is 18.7 Å². The van der Waals surface area contributed by atoms with Crippen molar-refractivity contribution in [2.24, 2.45) is 5.73 Å². The highest BCUT2D eigenvalue weighted by Gasteiger charge is 2.14. The molecule has 90 valence electrons. The van der Waals surface area contributed by atoms with Crippen LogP contribution >= 0.6 is 0 Å². The summed E-state index contributed by atoms with van der Waals surface area (Å²) in [7, 11) is 0. The molecule has 1 aliphatic rings. The van der Waals surface area contributed by atoms with Gasteiger partial charge in [0.2, 0.25) is 0 Å². The summed E-state index contributed by atoms with van der Waals surface area (Å²) in [6, 6.07) is 0.450. The number of rotatable bonds is 6. The van der Waals surface area contributed by atoms with Gasteiger partial charge < -0.3 is 15.4 Å². The lowest BCUT2D eigenvalue weighted by Gasteiger charge is -2.29. The van der Waals surface area contributed by atoms with Gasteiger partial charge in [0.15, 0.2) is 0 Å². The second-order valence-electron chi connectivity index (χ2n) is 4.81. The van der Waals surface area contributed by atoms with Crippen molar-refractivity contribution < 1.29 is 4.74 Å². The Morgan fingerprint density at radius 1 is 1.27 bits per heavy atom. The summed E-state index contributed by atoms with van der Waals surface area (Å²) in [4.78, 5) is 2.53. The zero-order chi connectivity index (χ0) is 11.1. The van der Waals surface area contributed by atoms with Crippen molar-refractivity contribution in [2.75, 3.05) is 26.2 Å². The number of hydrogen-bond donors (Lipinski definition) is 1. The van der Waals surface area contributed by atoms with Crippen LogP contribution in [0, 0.1) is 0 Å². The molecule has 0 aromatic heterocycles. The lowest BCUT2D eigenvalue weighted by molar-refractivity contribution is 0.0735. The number of likely N-dealkylation sites (tertiary alicyclic amines) is 1. The molecule has 0 spiro atoms. The van der Waals surface area contributed by atoms with Crippen molar-refractivity contribution in [1.82, 2.24) is 4.90 Å². The summed E-state index contributed by atoms with van der Waals surface area (Å²) >= 11 is 0. The van der Waals surface area contributed by atoms with Gasteiger partial charge in [0, 0.05) is 12.6 Å². The zero-order valence-corrected chi connectivity index (χ0v) is 10.2. The Morgan fingerprint density at radius 3 is 2.53 bits per heavy atom. The summed E-state index contributed by atoms with van der Waals surface area (Å²) in [6.45, 7) is 8.68. The highest BCUT2D eigenvalue weighted by molar-refractivity contribution is 4.73. The van der Waals surface area contributed by atoms with Gasteiger partial charge in [0.25, 0.3) is 0 Å². The smallest absolute Gasteiger partial charge is 0.0518 e. The fraction of sp³-hybridized carbons (Fsp3) is 1.00. The minimum absolute atomic E-state index is 0.373. The van der Waals surface area contributed by atoms with Crippen LogP contribution in [0.25, 0.3) is 0 Å². The average Bonchev–Trinajstić information content (AvgIpc) is 2.20. The lowest BCUT2D eigenvalue weighted by Crippen LogP contribution is -2.40. The van der Waals surface area contributed by atoms with Crippen LogP contribution in [0.1, 0.15) is 39.5 Å². The molecule has 0 aromatic carbocycles. The summed E-state index contributed by atoms with van der Waals surface area (Å²) in [5, 5.41) is 0. The summed E-state index contributed by atoms with van der Waals surface area (Å²) in [5.41, 5.74) is 5.86. The van der Waals surface area contributed by atoms with Crippen LogP contribution in [0.3, 0.4) is 0 Å². The zero-order valence-electron chi connectivity index (χ0n) is 10.2. The molecule has 0 aromatic rings. The van der Waals surface area contributed by atoms with E-state index in [4.69, 9.17) is 10.5 Å². The van der Waals surface area contributed by atoms with Gasteiger partial charge in [-0.1, -0.05) is 0 Å². The molecule has 0 saturated carbocycles. The highest BCUT2D eigenvalue weighted by atomic mass is 16.5. The molecule has 0 aliphatic carbocycles. The normalized spacial score (nSPS) is 20.0. The van der Waals surface area contributed by atoms with Crippen LogP contribution in [0.2, 0.25) is 0 Å². The predicted octanol–water partition coefficient (Wildman–Crippen LogP) is 1.61. The molecular weight excluding hydrogens is 188 g/mol. The lowest BCUT2D eigenvalue weighted by atomic mass is 10.1. The Morgan fingerprint density at radius 2 is 1.93 bits per heavy atom. The molecule has 0 unspecified atom stereocenters. The van der Waals surface area contributed by atoms with Crippen molar-refractivity contribution in [3.63, 3.8) is 0 Å². The second-order valence-corrected chi connectivity index (χ2v) is 4.81. The minimum Gasteiger partial charge on any atom is -0.379 e. The maximum atomic E-state index is 5.86. The van der Waals surface area contributed by atoms with Gasteiger partial charge in [-0.15, -0.1) is 0 Å². The molecule has 0 atom stereocenters. The number of unbranched alkanes of at least 4 members (excludes halogenated alkanes) is 1. The third-order valence-electron chi connectivity index (χ3n) is 2.95. The minimum atomic E-state index is 0.373. The second kappa shape index (κ2) is 7.20. The molecule has 0 bridgehead atoms. The van der Waals surface area contributed by atoms with E-state index in [1.54, 1.807) is 0 Å². The highest BCUT2D eigenvalue weighted by Crippen LogP contribution is 2.09. The van der Waals surface area contributed by atoms with Crippen molar-refractivity contribution >= 4 is 0 Å². The molecule has 1 fully saturated rings. The molecular formula is C12H26N2O. The van der Waals surface area contributed by atoms with Gasteiger partial charge in [-0.3, -0.25) is 0 Å². The number of nitrogens with two attached hydrogens (primary N) is 1. The number of hydrogen-bond acceptors (Lipinski definition) is 3. The largest absolute Gasteiger partial charge is 0.379 e. The van der Waals surface area contributed by atoms with E-state index in [-0.39, 0.29) is 0 Å².